The molecule has 0 N–H and O–H groups in total. The van der Waals surface area contributed by atoms with Crippen LogP contribution in [0.1, 0.15) is 49.1 Å². The summed E-state index contributed by atoms with van der Waals surface area (Å²) < 4.78 is 2.62. The highest BCUT2D eigenvalue weighted by atomic mass is 32.2. The lowest BCUT2D eigenvalue weighted by atomic mass is 9.80. The number of aromatic nitrogens is 3. The molecule has 0 spiro atoms. The standard InChI is InChI=1S/C50H39N3S2/c1-3-11-34(12-4-1)42-31-43(35-13-5-2-6-14-35)52-50(51-42)36-21-19-32(20-22-36)33-23-25-39(26-24-33)53-44-30-38-16-8-7-15-37(38)29-41(44)40-27-28-47-49(48(40)53)55-46-18-10-9-17-45(46)54-47/h1-5,7,9-13,15,17,19-29,31,38,46H,6,8,14,16,18,30H2. The Morgan fingerprint density at radius 2 is 1.51 bits per heavy atom. The van der Waals surface area contributed by atoms with Crippen molar-refractivity contribution >= 4 is 46.1 Å². The summed E-state index contributed by atoms with van der Waals surface area (Å²) in [5.41, 5.74) is 14.7. The van der Waals surface area contributed by atoms with Crippen molar-refractivity contribution in [2.45, 2.75) is 53.6 Å². The summed E-state index contributed by atoms with van der Waals surface area (Å²) in [7, 11) is 0. The predicted molar refractivity (Wildman–Crippen MR) is 232 cm³/mol. The Morgan fingerprint density at radius 1 is 0.709 bits per heavy atom. The minimum Gasteiger partial charge on any atom is -0.312 e. The van der Waals surface area contributed by atoms with Crippen LogP contribution >= 0.6 is 23.5 Å². The fourth-order valence-corrected chi connectivity index (χ4v) is 11.5. The van der Waals surface area contributed by atoms with Gasteiger partial charge in [-0.3, -0.25) is 0 Å². The van der Waals surface area contributed by atoms with Crippen LogP contribution in [0.5, 0.6) is 0 Å². The summed E-state index contributed by atoms with van der Waals surface area (Å²) in [5.74, 6) is 1.34. The number of nitrogens with zero attached hydrogens (tertiary/aromatic N) is 3. The molecule has 0 fully saturated rings. The van der Waals surface area contributed by atoms with Crippen molar-refractivity contribution < 1.29 is 0 Å². The summed E-state index contributed by atoms with van der Waals surface area (Å²) in [6, 6.07) is 35.4. The molecule has 4 aliphatic carbocycles. The fraction of sp³-hybridized carbons (Fsp3) is 0.160. The van der Waals surface area contributed by atoms with E-state index in [9.17, 15) is 0 Å². The van der Waals surface area contributed by atoms with Gasteiger partial charge in [-0.1, -0.05) is 133 Å². The molecule has 266 valence electrons. The van der Waals surface area contributed by atoms with Gasteiger partial charge in [-0.25, -0.2) is 9.97 Å². The maximum absolute atomic E-state index is 5.10. The second-order valence-electron chi connectivity index (χ2n) is 15.1. The van der Waals surface area contributed by atoms with Crippen molar-refractivity contribution in [2.24, 2.45) is 5.92 Å². The lowest BCUT2D eigenvalue weighted by Crippen LogP contribution is -2.16. The van der Waals surface area contributed by atoms with Gasteiger partial charge in [0.1, 0.15) is 0 Å². The molecular formula is C50H39N3S2. The largest absolute Gasteiger partial charge is 0.312 e. The van der Waals surface area contributed by atoms with Gasteiger partial charge in [0, 0.05) is 53.4 Å². The normalized spacial score (nSPS) is 19.5. The highest BCUT2D eigenvalue weighted by Gasteiger charge is 2.33. The molecule has 4 aromatic carbocycles. The van der Waals surface area contributed by atoms with Gasteiger partial charge in [0.05, 0.1) is 16.9 Å². The van der Waals surface area contributed by atoms with Crippen molar-refractivity contribution in [3.8, 4) is 39.5 Å². The highest BCUT2D eigenvalue weighted by molar-refractivity contribution is 8.09. The Balaban J connectivity index is 0.966. The van der Waals surface area contributed by atoms with Crippen molar-refractivity contribution in [1.82, 2.24) is 14.5 Å². The van der Waals surface area contributed by atoms with Crippen LogP contribution in [0.3, 0.4) is 0 Å². The summed E-state index contributed by atoms with van der Waals surface area (Å²) in [4.78, 5) is 14.5. The average molecular weight is 746 g/mol. The van der Waals surface area contributed by atoms with Crippen molar-refractivity contribution in [3.63, 3.8) is 0 Å². The number of rotatable bonds is 5. The van der Waals surface area contributed by atoms with E-state index in [4.69, 9.17) is 9.97 Å². The molecule has 3 nitrogen and oxygen atoms in total. The molecule has 1 aliphatic heterocycles. The molecule has 0 saturated heterocycles. The second kappa shape index (κ2) is 13.7. The fourth-order valence-electron chi connectivity index (χ4n) is 8.84. The Morgan fingerprint density at radius 3 is 2.35 bits per heavy atom. The van der Waals surface area contributed by atoms with Crippen LogP contribution < -0.4 is 0 Å². The number of fused-ring (bicyclic) bond motifs is 7. The minimum absolute atomic E-state index is 0.488. The molecular weight excluding hydrogens is 707 g/mol. The quantitative estimate of drug-likeness (QED) is 0.176. The number of benzene rings is 4. The lowest BCUT2D eigenvalue weighted by Gasteiger charge is -2.28. The third-order valence-electron chi connectivity index (χ3n) is 11.7. The monoisotopic (exact) mass is 745 g/mol. The maximum Gasteiger partial charge on any atom is 0.160 e. The first-order chi connectivity index (χ1) is 27.2. The molecule has 0 radical (unpaired) electrons. The van der Waals surface area contributed by atoms with Gasteiger partial charge in [-0.15, -0.1) is 11.8 Å². The van der Waals surface area contributed by atoms with E-state index in [-0.39, 0.29) is 0 Å². The third-order valence-corrected chi connectivity index (χ3v) is 14.6. The topological polar surface area (TPSA) is 30.7 Å². The first-order valence-electron chi connectivity index (χ1n) is 19.5. The molecule has 5 heteroatoms. The molecule has 6 aromatic rings. The Kier molecular flexibility index (Phi) is 8.25. The van der Waals surface area contributed by atoms with Crippen molar-refractivity contribution in [1.29, 1.82) is 0 Å². The van der Waals surface area contributed by atoms with Crippen LogP contribution in [0.4, 0.5) is 0 Å². The summed E-state index contributed by atoms with van der Waals surface area (Å²) in [6.45, 7) is 0. The van der Waals surface area contributed by atoms with Gasteiger partial charge in [-0.05, 0) is 97.1 Å². The van der Waals surface area contributed by atoms with Gasteiger partial charge >= 0.3 is 0 Å². The van der Waals surface area contributed by atoms with Crippen LogP contribution in [-0.4, -0.2) is 19.8 Å². The molecule has 0 bridgehead atoms. The number of hydrogen-bond donors (Lipinski definition) is 0. The Bertz CT molecular complexity index is 2690. The molecule has 0 saturated carbocycles. The molecule has 0 amide bonds. The van der Waals surface area contributed by atoms with Crippen LogP contribution in [0.2, 0.25) is 0 Å². The lowest BCUT2D eigenvalue weighted by molar-refractivity contribution is 0.546. The summed E-state index contributed by atoms with van der Waals surface area (Å²) in [6.07, 6.45) is 27.2. The maximum atomic E-state index is 5.10. The molecule has 3 heterocycles. The second-order valence-corrected chi connectivity index (χ2v) is 17.4. The summed E-state index contributed by atoms with van der Waals surface area (Å²) >= 11 is 4.03. The average Bonchev–Trinajstić information content (AvgIpc) is 3.59. The van der Waals surface area contributed by atoms with Gasteiger partial charge < -0.3 is 4.57 Å². The zero-order valence-electron chi connectivity index (χ0n) is 30.5. The van der Waals surface area contributed by atoms with E-state index in [1.54, 1.807) is 0 Å². The van der Waals surface area contributed by atoms with E-state index in [0.29, 0.717) is 11.2 Å². The Labute approximate surface area is 331 Å². The smallest absolute Gasteiger partial charge is 0.160 e. The SMILES string of the molecule is C1=CCCC(c2cc(-c3ccccc3)nc(-c3ccc(-c4ccc(-n5c6c(c7ccc8c(c75)SC5CC=CC=C5S8)C=C5C=CCCC5C6)cc4)cc3)n2)=C1. The van der Waals surface area contributed by atoms with Gasteiger partial charge in [-0.2, -0.15) is 0 Å². The molecule has 2 atom stereocenters. The highest BCUT2D eigenvalue weighted by Crippen LogP contribution is 2.54. The molecule has 2 aromatic heterocycles. The number of hydrogen-bond acceptors (Lipinski definition) is 4. The van der Waals surface area contributed by atoms with Crippen LogP contribution in [0.15, 0.2) is 166 Å². The van der Waals surface area contributed by atoms with Crippen molar-refractivity contribution in [3.05, 3.63) is 173 Å². The van der Waals surface area contributed by atoms with E-state index in [1.165, 1.54) is 77.7 Å². The van der Waals surface area contributed by atoms with Gasteiger partial charge in [0.15, 0.2) is 5.82 Å². The van der Waals surface area contributed by atoms with Gasteiger partial charge in [0.25, 0.3) is 0 Å². The van der Waals surface area contributed by atoms with E-state index < -0.39 is 0 Å². The van der Waals surface area contributed by atoms with E-state index in [0.717, 1.165) is 54.0 Å². The van der Waals surface area contributed by atoms with E-state index in [2.05, 4.69) is 162 Å². The van der Waals surface area contributed by atoms with Crippen LogP contribution in [0, 0.1) is 5.92 Å². The van der Waals surface area contributed by atoms with Crippen LogP contribution in [-0.2, 0) is 6.42 Å². The number of allylic oxidation sites excluding steroid dienone is 10. The predicted octanol–water partition coefficient (Wildman–Crippen LogP) is 13.5. The molecule has 55 heavy (non-hydrogen) atoms. The zero-order chi connectivity index (χ0) is 36.3. The Hall–Kier alpha value is -5.36. The van der Waals surface area contributed by atoms with E-state index in [1.807, 2.05) is 17.8 Å². The first kappa shape index (κ1) is 33.0. The summed E-state index contributed by atoms with van der Waals surface area (Å²) in [5, 5.41) is 1.87. The van der Waals surface area contributed by atoms with E-state index >= 15 is 0 Å². The number of thioether (sulfide) groups is 2. The zero-order valence-corrected chi connectivity index (χ0v) is 32.1. The first-order valence-corrected chi connectivity index (χ1v) is 21.2. The molecule has 5 aliphatic rings. The van der Waals surface area contributed by atoms with Gasteiger partial charge in [0.2, 0.25) is 0 Å². The van der Waals surface area contributed by atoms with Crippen LogP contribution in [0.25, 0.3) is 62.0 Å². The minimum atomic E-state index is 0.488. The third kappa shape index (κ3) is 5.92. The molecule has 2 unspecified atom stereocenters. The van der Waals surface area contributed by atoms with Crippen molar-refractivity contribution in [2.75, 3.05) is 0 Å². The molecule has 11 rings (SSSR count).